The second-order valence-electron chi connectivity index (χ2n) is 11.1. The number of ether oxygens (including phenoxy) is 1. The number of likely N-dealkylation sites (tertiary alicyclic amines) is 1. The number of alkyl halides is 1. The van der Waals surface area contributed by atoms with Gasteiger partial charge < -0.3 is 20.5 Å². The largest absolute Gasteiger partial charge is 0.490 e. The van der Waals surface area contributed by atoms with Crippen molar-refractivity contribution in [3.05, 3.63) is 41.1 Å². The van der Waals surface area contributed by atoms with E-state index in [2.05, 4.69) is 18.0 Å². The van der Waals surface area contributed by atoms with Gasteiger partial charge in [0.2, 0.25) is 0 Å². The molecule has 0 aromatic heterocycles. The van der Waals surface area contributed by atoms with E-state index in [0.717, 1.165) is 62.0 Å². The van der Waals surface area contributed by atoms with Crippen LogP contribution in [0.3, 0.4) is 0 Å². The number of ketones is 1. The summed E-state index contributed by atoms with van der Waals surface area (Å²) < 4.78 is 20.2. The van der Waals surface area contributed by atoms with Gasteiger partial charge in [-0.25, -0.2) is 4.39 Å². The van der Waals surface area contributed by atoms with Gasteiger partial charge in [0.1, 0.15) is 17.6 Å². The molecule has 2 aliphatic carbocycles. The summed E-state index contributed by atoms with van der Waals surface area (Å²) in [5.74, 6) is 1.19. The lowest BCUT2D eigenvalue weighted by molar-refractivity contribution is -0.131. The van der Waals surface area contributed by atoms with E-state index in [4.69, 9.17) is 10.5 Å². The molecule has 1 heterocycles. The number of halogens is 1. The van der Waals surface area contributed by atoms with Crippen LogP contribution in [0.2, 0.25) is 0 Å². The lowest BCUT2D eigenvalue weighted by Gasteiger charge is -2.32. The van der Waals surface area contributed by atoms with Crippen LogP contribution in [0.25, 0.3) is 0 Å². The van der Waals surface area contributed by atoms with Crippen molar-refractivity contribution in [2.45, 2.75) is 95.9 Å². The first-order chi connectivity index (χ1) is 18.3. The van der Waals surface area contributed by atoms with Crippen LogP contribution in [0.15, 0.2) is 40.5 Å². The van der Waals surface area contributed by atoms with Gasteiger partial charge >= 0.3 is 0 Å². The maximum atomic E-state index is 13.9. The lowest BCUT2D eigenvalue weighted by atomic mass is 9.94. The second kappa shape index (κ2) is 13.4. The molecule has 7 nitrogen and oxygen atoms in total. The van der Waals surface area contributed by atoms with Gasteiger partial charge in [0.25, 0.3) is 5.91 Å². The molecule has 3 N–H and O–H groups in total. The molecule has 3 aliphatic rings. The molecule has 0 spiro atoms. The number of hydrogen-bond donors (Lipinski definition) is 2. The van der Waals surface area contributed by atoms with E-state index in [0.29, 0.717) is 30.8 Å². The number of piperidine rings is 1. The summed E-state index contributed by atoms with van der Waals surface area (Å²) >= 11 is 0. The first kappa shape index (κ1) is 28.3. The highest BCUT2D eigenvalue weighted by Gasteiger charge is 2.32. The number of benzene rings is 1. The zero-order chi connectivity index (χ0) is 27.1. The first-order valence-electron chi connectivity index (χ1n) is 14.2. The number of Topliss-reactive ketones (excluding diaryl/α,β-unsaturated/α-hetero) is 1. The number of rotatable bonds is 8. The fraction of sp³-hybridized carbons (Fsp3) is 0.633. The number of carbonyl (C=O) groups excluding carboxylic acids is 2. The highest BCUT2D eigenvalue weighted by atomic mass is 19.1. The maximum absolute atomic E-state index is 13.9. The summed E-state index contributed by atoms with van der Waals surface area (Å²) in [6.07, 6.45) is 6.82. The molecule has 1 aromatic rings. The van der Waals surface area contributed by atoms with Crippen molar-refractivity contribution in [2.75, 3.05) is 19.6 Å². The number of amides is 1. The van der Waals surface area contributed by atoms with Gasteiger partial charge in [0, 0.05) is 24.3 Å². The second-order valence-corrected chi connectivity index (χ2v) is 11.1. The van der Waals surface area contributed by atoms with Gasteiger partial charge in [-0.15, -0.1) is 0 Å². The number of aliphatic hydroxyl groups is 1. The SMILES string of the molecule is Cc1ccccc1OC1CCCC(CCC(=O)CN=C2CCC/C2=C(/N)C(=O)N2CC[C@H](O)[C@H](F)C2)CC1. The van der Waals surface area contributed by atoms with Crippen molar-refractivity contribution in [2.24, 2.45) is 16.6 Å². The molecule has 2 unspecified atom stereocenters. The quantitative estimate of drug-likeness (QED) is 0.384. The van der Waals surface area contributed by atoms with Crippen LogP contribution in [0.5, 0.6) is 5.75 Å². The smallest absolute Gasteiger partial charge is 0.270 e. The van der Waals surface area contributed by atoms with Gasteiger partial charge in [0.15, 0.2) is 5.78 Å². The minimum atomic E-state index is -1.46. The highest BCUT2D eigenvalue weighted by Crippen LogP contribution is 2.30. The highest BCUT2D eigenvalue weighted by molar-refractivity contribution is 6.09. The zero-order valence-electron chi connectivity index (χ0n) is 22.5. The van der Waals surface area contributed by atoms with E-state index in [-0.39, 0.29) is 43.6 Å². The van der Waals surface area contributed by atoms with E-state index in [1.165, 1.54) is 4.90 Å². The summed E-state index contributed by atoms with van der Waals surface area (Å²) in [6, 6.07) is 8.14. The van der Waals surface area contributed by atoms with E-state index >= 15 is 0 Å². The Kier molecular flexibility index (Phi) is 9.94. The molecule has 38 heavy (non-hydrogen) atoms. The van der Waals surface area contributed by atoms with E-state index in [9.17, 15) is 19.1 Å². The number of hydrogen-bond acceptors (Lipinski definition) is 6. The van der Waals surface area contributed by atoms with Crippen LogP contribution < -0.4 is 10.5 Å². The molecular formula is C30H42FN3O4. The zero-order valence-corrected chi connectivity index (χ0v) is 22.5. The summed E-state index contributed by atoms with van der Waals surface area (Å²) in [4.78, 5) is 31.4. The summed E-state index contributed by atoms with van der Waals surface area (Å²) in [6.45, 7) is 2.30. The normalized spacial score (nSPS) is 28.7. The van der Waals surface area contributed by atoms with Gasteiger partial charge in [-0.3, -0.25) is 14.6 Å². The molecule has 0 radical (unpaired) electrons. The Bertz CT molecular complexity index is 1060. The number of allylic oxidation sites excluding steroid dienone is 1. The number of nitrogens with zero attached hydrogens (tertiary/aromatic N) is 2. The molecular weight excluding hydrogens is 485 g/mol. The van der Waals surface area contributed by atoms with Crippen LogP contribution >= 0.6 is 0 Å². The Labute approximate surface area is 225 Å². The number of aryl methyl sites for hydroxylation is 1. The number of para-hydroxylation sites is 1. The topological polar surface area (TPSA) is 105 Å². The van der Waals surface area contributed by atoms with Crippen molar-refractivity contribution in [1.29, 1.82) is 0 Å². The Morgan fingerprint density at radius 1 is 1.13 bits per heavy atom. The molecule has 8 heteroatoms. The molecule has 1 saturated heterocycles. The first-order valence-corrected chi connectivity index (χ1v) is 14.2. The predicted octanol–water partition coefficient (Wildman–Crippen LogP) is 4.44. The molecule has 1 aromatic carbocycles. The fourth-order valence-electron chi connectivity index (χ4n) is 5.82. The van der Waals surface area contributed by atoms with Crippen LogP contribution in [-0.4, -0.2) is 65.4 Å². The third kappa shape index (κ3) is 7.43. The number of aliphatic hydroxyl groups excluding tert-OH is 1. The third-order valence-corrected chi connectivity index (χ3v) is 8.24. The molecule has 3 fully saturated rings. The maximum Gasteiger partial charge on any atom is 0.270 e. The van der Waals surface area contributed by atoms with Crippen LogP contribution in [0, 0.1) is 12.8 Å². The summed E-state index contributed by atoms with van der Waals surface area (Å²) in [5, 5.41) is 9.59. The van der Waals surface area contributed by atoms with Crippen molar-refractivity contribution in [3.63, 3.8) is 0 Å². The van der Waals surface area contributed by atoms with Gasteiger partial charge in [0.05, 0.1) is 25.3 Å². The van der Waals surface area contributed by atoms with Crippen molar-refractivity contribution in [3.8, 4) is 5.75 Å². The number of nitrogens with two attached hydrogens (primary N) is 1. The molecule has 2 saturated carbocycles. The molecule has 0 bridgehead atoms. The van der Waals surface area contributed by atoms with E-state index in [1.54, 1.807) is 0 Å². The molecule has 4 rings (SSSR count). The molecule has 1 aliphatic heterocycles. The third-order valence-electron chi connectivity index (χ3n) is 8.24. The minimum absolute atomic E-state index is 0.0956. The van der Waals surface area contributed by atoms with Gasteiger partial charge in [-0.05, 0) is 82.3 Å². The Morgan fingerprint density at radius 3 is 2.74 bits per heavy atom. The average Bonchev–Trinajstić information content (AvgIpc) is 3.27. The van der Waals surface area contributed by atoms with Crippen LogP contribution in [0.1, 0.15) is 76.2 Å². The Balaban J connectivity index is 1.24. The summed E-state index contributed by atoms with van der Waals surface area (Å²) in [5.41, 5.74) is 8.86. The van der Waals surface area contributed by atoms with Crippen molar-refractivity contribution < 1.29 is 23.8 Å². The van der Waals surface area contributed by atoms with E-state index < -0.39 is 18.2 Å². The minimum Gasteiger partial charge on any atom is -0.490 e. The predicted molar refractivity (Wildman–Crippen MR) is 146 cm³/mol. The Morgan fingerprint density at radius 2 is 1.95 bits per heavy atom. The fourth-order valence-corrected chi connectivity index (χ4v) is 5.82. The Hall–Kier alpha value is -2.74. The molecule has 208 valence electrons. The number of aliphatic imine (C=N–C) groups is 1. The van der Waals surface area contributed by atoms with Gasteiger partial charge in [-0.2, -0.15) is 0 Å². The summed E-state index contributed by atoms with van der Waals surface area (Å²) in [7, 11) is 0. The molecule has 1 amide bonds. The lowest BCUT2D eigenvalue weighted by Crippen LogP contribution is -2.48. The van der Waals surface area contributed by atoms with Crippen molar-refractivity contribution in [1.82, 2.24) is 4.90 Å². The van der Waals surface area contributed by atoms with Crippen LogP contribution in [-0.2, 0) is 9.59 Å². The standard InChI is InChI=1S/C30H42FN3O4/c1-20-6-2-3-11-28(20)38-23-8-4-7-21(13-15-23)12-14-22(35)18-33-26-10-5-9-24(26)29(32)30(37)34-17-16-27(36)25(31)19-34/h2-3,6,11,21,23,25,27,36H,4-5,7-10,12-19,32H2,1H3/b29-24-,33-26?/t21?,23?,25-,27+/m1/s1. The van der Waals surface area contributed by atoms with Crippen LogP contribution in [0.4, 0.5) is 4.39 Å². The van der Waals surface area contributed by atoms with Gasteiger partial charge in [-0.1, -0.05) is 24.6 Å². The van der Waals surface area contributed by atoms with Crippen molar-refractivity contribution >= 4 is 17.4 Å². The number of carbonyl (C=O) groups is 2. The van der Waals surface area contributed by atoms with E-state index in [1.807, 2.05) is 18.2 Å². The monoisotopic (exact) mass is 527 g/mol. The molecule has 4 atom stereocenters. The average molecular weight is 528 g/mol.